The highest BCUT2D eigenvalue weighted by atomic mass is 16.1. The molecule has 0 bridgehead atoms. The van der Waals surface area contributed by atoms with Crippen LogP contribution in [-0.4, -0.2) is 36.0 Å². The second kappa shape index (κ2) is 3.64. The highest BCUT2D eigenvalue weighted by Crippen LogP contribution is 2.29. The molecule has 0 aromatic carbocycles. The molecule has 1 fully saturated rings. The van der Waals surface area contributed by atoms with Crippen molar-refractivity contribution in [3.8, 4) is 0 Å². The van der Waals surface area contributed by atoms with Gasteiger partial charge in [0.25, 0.3) is 0 Å². The van der Waals surface area contributed by atoms with E-state index in [-0.39, 0.29) is 5.91 Å². The van der Waals surface area contributed by atoms with E-state index in [4.69, 9.17) is 11.5 Å². The van der Waals surface area contributed by atoms with Gasteiger partial charge < -0.3 is 16.4 Å². The van der Waals surface area contributed by atoms with E-state index in [9.17, 15) is 4.79 Å². The van der Waals surface area contributed by atoms with E-state index in [1.165, 1.54) is 0 Å². The average molecular weight is 185 g/mol. The molecule has 1 aliphatic heterocycles. The van der Waals surface area contributed by atoms with Crippen LogP contribution in [0.2, 0.25) is 0 Å². The molecule has 0 radical (unpaired) electrons. The van der Waals surface area contributed by atoms with Crippen molar-refractivity contribution in [3.63, 3.8) is 0 Å². The standard InChI is InChI=1S/C9H19N3O/c1-3-7-9(11,6-8(10)13)4-5-12(7)2/h7H,3-6,11H2,1-2H3,(H2,10,13). The third-order valence-corrected chi connectivity index (χ3v) is 3.02. The zero-order valence-corrected chi connectivity index (χ0v) is 8.42. The van der Waals surface area contributed by atoms with Crippen molar-refractivity contribution >= 4 is 5.91 Å². The number of likely N-dealkylation sites (N-methyl/N-ethyl adjacent to an activating group) is 1. The van der Waals surface area contributed by atoms with Gasteiger partial charge in [-0.05, 0) is 19.9 Å². The Balaban J connectivity index is 2.71. The molecule has 1 heterocycles. The van der Waals surface area contributed by atoms with Gasteiger partial charge in [-0.1, -0.05) is 6.92 Å². The van der Waals surface area contributed by atoms with E-state index in [0.29, 0.717) is 12.5 Å². The smallest absolute Gasteiger partial charge is 0.219 e. The number of nitrogens with zero attached hydrogens (tertiary/aromatic N) is 1. The van der Waals surface area contributed by atoms with Gasteiger partial charge in [0.2, 0.25) is 5.91 Å². The minimum Gasteiger partial charge on any atom is -0.370 e. The number of amides is 1. The molecule has 0 aromatic heterocycles. The predicted octanol–water partition coefficient (Wildman–Crippen LogP) is -0.327. The van der Waals surface area contributed by atoms with Gasteiger partial charge in [-0.3, -0.25) is 4.79 Å². The topological polar surface area (TPSA) is 72.3 Å². The van der Waals surface area contributed by atoms with E-state index in [1.54, 1.807) is 0 Å². The number of primary amides is 1. The lowest BCUT2D eigenvalue weighted by molar-refractivity contribution is -0.119. The maximum atomic E-state index is 10.9. The van der Waals surface area contributed by atoms with Gasteiger partial charge in [-0.15, -0.1) is 0 Å². The van der Waals surface area contributed by atoms with Crippen LogP contribution < -0.4 is 11.5 Å². The number of carbonyl (C=O) groups is 1. The molecular formula is C9H19N3O. The van der Waals surface area contributed by atoms with Gasteiger partial charge in [-0.25, -0.2) is 0 Å². The Bertz CT molecular complexity index is 207. The molecule has 0 aliphatic carbocycles. The van der Waals surface area contributed by atoms with Crippen LogP contribution in [-0.2, 0) is 4.79 Å². The molecule has 4 N–H and O–H groups in total. The summed E-state index contributed by atoms with van der Waals surface area (Å²) >= 11 is 0. The molecule has 4 heteroatoms. The number of rotatable bonds is 3. The van der Waals surface area contributed by atoms with Crippen molar-refractivity contribution in [2.45, 2.75) is 37.8 Å². The van der Waals surface area contributed by atoms with Gasteiger partial charge in [0.15, 0.2) is 0 Å². The van der Waals surface area contributed by atoms with Crippen LogP contribution in [0.15, 0.2) is 0 Å². The summed E-state index contributed by atoms with van der Waals surface area (Å²) in [5.74, 6) is -0.295. The summed E-state index contributed by atoms with van der Waals surface area (Å²) in [5.41, 5.74) is 11.0. The van der Waals surface area contributed by atoms with Crippen molar-refractivity contribution < 1.29 is 4.79 Å². The molecule has 0 spiro atoms. The second-order valence-corrected chi connectivity index (χ2v) is 4.03. The highest BCUT2D eigenvalue weighted by Gasteiger charge is 2.42. The number of hydrogen-bond donors (Lipinski definition) is 2. The summed E-state index contributed by atoms with van der Waals surface area (Å²) in [6.07, 6.45) is 2.14. The van der Waals surface area contributed by atoms with Gasteiger partial charge in [0, 0.05) is 24.5 Å². The minimum absolute atomic E-state index is 0.292. The van der Waals surface area contributed by atoms with E-state index in [1.807, 2.05) is 7.05 Å². The third kappa shape index (κ3) is 2.00. The number of hydrogen-bond acceptors (Lipinski definition) is 3. The molecule has 1 amide bonds. The van der Waals surface area contributed by atoms with Crippen LogP contribution in [0.3, 0.4) is 0 Å². The Hall–Kier alpha value is -0.610. The fraction of sp³-hybridized carbons (Fsp3) is 0.889. The molecule has 2 unspecified atom stereocenters. The Kier molecular flexibility index (Phi) is 2.93. The normalized spacial score (nSPS) is 35.2. The second-order valence-electron chi connectivity index (χ2n) is 4.03. The molecule has 1 saturated heterocycles. The third-order valence-electron chi connectivity index (χ3n) is 3.02. The van der Waals surface area contributed by atoms with E-state index in [0.717, 1.165) is 19.4 Å². The van der Waals surface area contributed by atoms with Crippen molar-refractivity contribution in [1.82, 2.24) is 4.90 Å². The van der Waals surface area contributed by atoms with Gasteiger partial charge in [-0.2, -0.15) is 0 Å². The molecule has 1 rings (SSSR count). The Morgan fingerprint density at radius 2 is 2.31 bits per heavy atom. The molecule has 0 saturated carbocycles. The molecule has 76 valence electrons. The zero-order chi connectivity index (χ0) is 10.1. The first-order valence-corrected chi connectivity index (χ1v) is 4.77. The lowest BCUT2D eigenvalue weighted by Crippen LogP contribution is -2.52. The zero-order valence-electron chi connectivity index (χ0n) is 8.42. The van der Waals surface area contributed by atoms with Gasteiger partial charge in [0.1, 0.15) is 0 Å². The van der Waals surface area contributed by atoms with E-state index < -0.39 is 5.54 Å². The van der Waals surface area contributed by atoms with Crippen molar-refractivity contribution in [3.05, 3.63) is 0 Å². The summed E-state index contributed by atoms with van der Waals surface area (Å²) in [4.78, 5) is 13.1. The van der Waals surface area contributed by atoms with E-state index >= 15 is 0 Å². The van der Waals surface area contributed by atoms with Gasteiger partial charge in [0.05, 0.1) is 0 Å². The maximum absolute atomic E-state index is 10.9. The molecule has 4 nitrogen and oxygen atoms in total. The number of nitrogens with two attached hydrogens (primary N) is 2. The van der Waals surface area contributed by atoms with Crippen molar-refractivity contribution in [1.29, 1.82) is 0 Å². The van der Waals surface area contributed by atoms with Gasteiger partial charge >= 0.3 is 0 Å². The lowest BCUT2D eigenvalue weighted by atomic mass is 9.86. The SMILES string of the molecule is CCC1N(C)CCC1(N)CC(N)=O. The first-order chi connectivity index (χ1) is 5.99. The Labute approximate surface area is 79.3 Å². The Morgan fingerprint density at radius 1 is 1.69 bits per heavy atom. The average Bonchev–Trinajstić information content (AvgIpc) is 2.25. The quantitative estimate of drug-likeness (QED) is 0.632. The fourth-order valence-corrected chi connectivity index (χ4v) is 2.39. The maximum Gasteiger partial charge on any atom is 0.219 e. The van der Waals surface area contributed by atoms with Crippen LogP contribution in [0.5, 0.6) is 0 Å². The summed E-state index contributed by atoms with van der Waals surface area (Å²) in [6, 6.07) is 0.292. The highest BCUT2D eigenvalue weighted by molar-refractivity contribution is 5.75. The van der Waals surface area contributed by atoms with Crippen LogP contribution in [0.4, 0.5) is 0 Å². The molecule has 0 aromatic rings. The van der Waals surface area contributed by atoms with Crippen LogP contribution >= 0.6 is 0 Å². The number of likely N-dealkylation sites (tertiary alicyclic amines) is 1. The number of carbonyl (C=O) groups excluding carboxylic acids is 1. The predicted molar refractivity (Wildman–Crippen MR) is 52.1 cm³/mol. The first-order valence-electron chi connectivity index (χ1n) is 4.77. The summed E-state index contributed by atoms with van der Waals surface area (Å²) in [6.45, 7) is 3.05. The largest absolute Gasteiger partial charge is 0.370 e. The van der Waals surface area contributed by atoms with Crippen molar-refractivity contribution in [2.24, 2.45) is 11.5 Å². The fourth-order valence-electron chi connectivity index (χ4n) is 2.39. The van der Waals surface area contributed by atoms with Crippen molar-refractivity contribution in [2.75, 3.05) is 13.6 Å². The van der Waals surface area contributed by atoms with Crippen LogP contribution in [0, 0.1) is 0 Å². The van der Waals surface area contributed by atoms with Crippen LogP contribution in [0.1, 0.15) is 26.2 Å². The molecular weight excluding hydrogens is 166 g/mol. The molecule has 2 atom stereocenters. The summed E-state index contributed by atoms with van der Waals surface area (Å²) in [7, 11) is 2.05. The Morgan fingerprint density at radius 3 is 2.77 bits per heavy atom. The first kappa shape index (κ1) is 10.5. The lowest BCUT2D eigenvalue weighted by Gasteiger charge is -2.32. The minimum atomic E-state index is -0.394. The molecule has 13 heavy (non-hydrogen) atoms. The van der Waals surface area contributed by atoms with Crippen LogP contribution in [0.25, 0.3) is 0 Å². The summed E-state index contributed by atoms with van der Waals surface area (Å²) < 4.78 is 0. The monoisotopic (exact) mass is 185 g/mol. The molecule has 1 aliphatic rings. The van der Waals surface area contributed by atoms with E-state index in [2.05, 4.69) is 11.8 Å². The summed E-state index contributed by atoms with van der Waals surface area (Å²) in [5, 5.41) is 0.